The first-order valence-corrected chi connectivity index (χ1v) is 12.0. The Morgan fingerprint density at radius 1 is 0.970 bits per heavy atom. The first-order valence-electron chi connectivity index (χ1n) is 11.7. The highest BCUT2D eigenvalue weighted by Crippen LogP contribution is 2.46. The van der Waals surface area contributed by atoms with Gasteiger partial charge < -0.3 is 23.6 Å². The number of rotatable bonds is 5. The second-order valence-corrected chi connectivity index (χ2v) is 9.52. The lowest BCUT2D eigenvalue weighted by Gasteiger charge is -2.35. The number of ether oxygens (including phenoxy) is 3. The van der Waals surface area contributed by atoms with E-state index in [0.29, 0.717) is 17.9 Å². The molecule has 0 amide bonds. The van der Waals surface area contributed by atoms with Crippen molar-refractivity contribution in [1.29, 1.82) is 0 Å². The molecule has 0 unspecified atom stereocenters. The molecule has 2 aromatic rings. The molecule has 0 radical (unpaired) electrons. The number of carbonyl (C=O) groups is 2. The summed E-state index contributed by atoms with van der Waals surface area (Å²) in [5, 5.41) is 4.39. The van der Waals surface area contributed by atoms with Crippen molar-refractivity contribution in [3.63, 3.8) is 0 Å². The van der Waals surface area contributed by atoms with E-state index >= 15 is 0 Å². The van der Waals surface area contributed by atoms with Gasteiger partial charge in [-0.15, -0.1) is 0 Å². The van der Waals surface area contributed by atoms with Crippen LogP contribution >= 0.6 is 11.6 Å². The van der Waals surface area contributed by atoms with Crippen molar-refractivity contribution < 1.29 is 28.3 Å². The van der Waals surface area contributed by atoms with Crippen LogP contribution in [0.1, 0.15) is 44.9 Å². The van der Waals surface area contributed by atoms with Gasteiger partial charge in [-0.05, 0) is 55.8 Å². The largest absolute Gasteiger partial charge is 0.475 e. The lowest BCUT2D eigenvalue weighted by atomic mass is 9.88. The maximum Gasteiger partial charge on any atom is 0.336 e. The first kappa shape index (κ1) is 22.2. The predicted octanol–water partition coefficient (Wildman–Crippen LogP) is 4.53. The molecular weight excluding hydrogens is 448 g/mol. The number of halogens is 1. The maximum atomic E-state index is 12.1. The minimum atomic E-state index is -0.729. The zero-order chi connectivity index (χ0) is 22.8. The summed E-state index contributed by atoms with van der Waals surface area (Å²) in [5.74, 6) is -0.101. The summed E-state index contributed by atoms with van der Waals surface area (Å²) in [6, 6.07) is 1.46. The van der Waals surface area contributed by atoms with Crippen LogP contribution in [0.2, 0.25) is 5.02 Å². The van der Waals surface area contributed by atoms with Crippen LogP contribution in [0.3, 0.4) is 0 Å². The average molecular weight is 475 g/mol. The molecule has 3 heterocycles. The van der Waals surface area contributed by atoms with E-state index in [-0.39, 0.29) is 28.0 Å². The van der Waals surface area contributed by atoms with Gasteiger partial charge in [0.2, 0.25) is 0 Å². The average Bonchev–Trinajstić information content (AvgIpc) is 3.21. The van der Waals surface area contributed by atoms with Gasteiger partial charge >= 0.3 is 11.9 Å². The number of hydrogen-bond donors (Lipinski definition) is 0. The molecule has 2 aliphatic heterocycles. The van der Waals surface area contributed by atoms with Crippen LogP contribution < -0.4 is 14.2 Å². The van der Waals surface area contributed by atoms with Crippen molar-refractivity contribution >= 4 is 34.5 Å². The Morgan fingerprint density at radius 2 is 1.67 bits per heavy atom. The normalized spacial score (nSPS) is 21.7. The Kier molecular flexibility index (Phi) is 6.55. The van der Waals surface area contributed by atoms with Crippen LogP contribution in [0.4, 0.5) is 0 Å². The molecule has 5 rings (SSSR count). The smallest absolute Gasteiger partial charge is 0.336 e. The fourth-order valence-electron chi connectivity index (χ4n) is 4.96. The zero-order valence-electron chi connectivity index (χ0n) is 18.4. The molecule has 0 N–H and O–H groups in total. The summed E-state index contributed by atoms with van der Waals surface area (Å²) < 4.78 is 22.0. The van der Waals surface area contributed by atoms with Gasteiger partial charge in [0.15, 0.2) is 17.1 Å². The third kappa shape index (κ3) is 5.01. The first-order chi connectivity index (χ1) is 16.1. The Labute approximate surface area is 196 Å². The van der Waals surface area contributed by atoms with E-state index in [4.69, 9.17) is 30.3 Å². The van der Waals surface area contributed by atoms with Gasteiger partial charge in [0, 0.05) is 24.8 Å². The fourth-order valence-corrected chi connectivity index (χ4v) is 5.18. The van der Waals surface area contributed by atoms with Gasteiger partial charge in [0.25, 0.3) is 5.88 Å². The molecular formula is C24H27ClN2O6. The molecule has 9 heteroatoms. The van der Waals surface area contributed by atoms with E-state index in [1.807, 2.05) is 0 Å². The van der Waals surface area contributed by atoms with E-state index in [1.54, 1.807) is 0 Å². The van der Waals surface area contributed by atoms with Crippen molar-refractivity contribution in [1.82, 2.24) is 10.1 Å². The Balaban J connectivity index is 1.26. The molecule has 176 valence electrons. The molecule has 0 spiro atoms. The molecule has 3 aliphatic rings. The van der Waals surface area contributed by atoms with Gasteiger partial charge in [-0.2, -0.15) is 0 Å². The highest BCUT2D eigenvalue weighted by Gasteiger charge is 2.28. The number of fused-ring (bicyclic) bond motifs is 3. The molecule has 8 nitrogen and oxygen atoms in total. The van der Waals surface area contributed by atoms with Gasteiger partial charge in [-0.25, -0.2) is 9.59 Å². The van der Waals surface area contributed by atoms with Crippen LogP contribution in [-0.4, -0.2) is 48.2 Å². The zero-order valence-corrected chi connectivity index (χ0v) is 19.1. The predicted molar refractivity (Wildman–Crippen MR) is 121 cm³/mol. The van der Waals surface area contributed by atoms with Crippen LogP contribution in [-0.2, 0) is 9.59 Å². The Bertz CT molecular complexity index is 1070. The van der Waals surface area contributed by atoms with Gasteiger partial charge in [0.05, 0.1) is 11.6 Å². The number of hydrogen-bond acceptors (Lipinski definition) is 8. The second kappa shape index (κ2) is 9.73. The quantitative estimate of drug-likeness (QED) is 0.461. The molecule has 2 fully saturated rings. The van der Waals surface area contributed by atoms with E-state index in [2.05, 4.69) is 10.1 Å². The number of nitrogens with zero attached hydrogens (tertiary/aromatic N) is 2. The summed E-state index contributed by atoms with van der Waals surface area (Å²) in [6.07, 6.45) is 11.0. The topological polar surface area (TPSA) is 91.1 Å². The highest BCUT2D eigenvalue weighted by molar-refractivity contribution is 6.33. The van der Waals surface area contributed by atoms with E-state index in [9.17, 15) is 9.59 Å². The third-order valence-corrected chi connectivity index (χ3v) is 7.04. The minimum Gasteiger partial charge on any atom is -0.475 e. The Morgan fingerprint density at radius 3 is 2.39 bits per heavy atom. The van der Waals surface area contributed by atoms with Crippen molar-refractivity contribution in [2.75, 3.05) is 26.2 Å². The highest BCUT2D eigenvalue weighted by atomic mass is 35.5. The van der Waals surface area contributed by atoms with Crippen LogP contribution in [0, 0.1) is 11.8 Å². The molecule has 1 aromatic heterocycles. The van der Waals surface area contributed by atoms with Gasteiger partial charge in [-0.3, -0.25) is 0 Å². The summed E-state index contributed by atoms with van der Waals surface area (Å²) >= 11 is 6.23. The number of likely N-dealkylation sites (tertiary alicyclic amines) is 1. The number of benzene rings is 1. The number of carbonyl (C=O) groups excluding carboxylic acids is 2. The maximum absolute atomic E-state index is 12.1. The molecule has 0 bridgehead atoms. The lowest BCUT2D eigenvalue weighted by molar-refractivity contribution is -0.133. The van der Waals surface area contributed by atoms with Gasteiger partial charge in [-0.1, -0.05) is 30.9 Å². The molecule has 1 aromatic carbocycles. The number of aromatic nitrogens is 1. The minimum absolute atomic E-state index is 0.0289. The fraction of sp³-hybridized carbons (Fsp3) is 0.542. The van der Waals surface area contributed by atoms with Crippen molar-refractivity contribution in [3.05, 3.63) is 23.2 Å². The number of piperidine rings is 1. The lowest BCUT2D eigenvalue weighted by Crippen LogP contribution is -2.38. The van der Waals surface area contributed by atoms with E-state index in [0.717, 1.165) is 44.0 Å². The van der Waals surface area contributed by atoms with Crippen LogP contribution in [0.15, 0.2) is 22.7 Å². The Hall–Kier alpha value is -2.58. The molecule has 1 saturated heterocycles. The third-order valence-electron chi connectivity index (χ3n) is 6.76. The van der Waals surface area contributed by atoms with Crippen molar-refractivity contribution in [2.45, 2.75) is 44.9 Å². The van der Waals surface area contributed by atoms with Crippen molar-refractivity contribution in [2.24, 2.45) is 11.8 Å². The summed E-state index contributed by atoms with van der Waals surface area (Å²) in [7, 11) is 0. The summed E-state index contributed by atoms with van der Waals surface area (Å²) in [6.45, 7) is 3.85. The molecule has 1 aliphatic carbocycles. The summed E-state index contributed by atoms with van der Waals surface area (Å²) in [5.41, 5.74) is 0.282. The SMILES string of the molecule is O=C1/C=C/C(=O)Oc2c(c(Cl)cc3onc(OCC4CCN(CC5CCCCC5)CC4)c23)O1. The monoisotopic (exact) mass is 474 g/mol. The van der Waals surface area contributed by atoms with Crippen LogP contribution in [0.5, 0.6) is 17.4 Å². The molecule has 1 saturated carbocycles. The van der Waals surface area contributed by atoms with E-state index < -0.39 is 11.9 Å². The standard InChI is InChI=1S/C24H27ClN2O6/c25-17-12-18-21(23-22(17)31-19(28)6-7-20(29)32-23)24(26-33-18)30-14-16-8-10-27(11-9-16)13-15-4-2-1-3-5-15/h6-7,12,15-16H,1-5,8-11,13-14H2/b7-6+. The molecule has 0 atom stereocenters. The second-order valence-electron chi connectivity index (χ2n) is 9.11. The van der Waals surface area contributed by atoms with Crippen LogP contribution in [0.25, 0.3) is 11.0 Å². The summed E-state index contributed by atoms with van der Waals surface area (Å²) in [4.78, 5) is 26.5. The molecule has 33 heavy (non-hydrogen) atoms. The van der Waals surface area contributed by atoms with Gasteiger partial charge in [0.1, 0.15) is 5.39 Å². The van der Waals surface area contributed by atoms with Crippen molar-refractivity contribution in [3.8, 4) is 17.4 Å². The number of esters is 2. The van der Waals surface area contributed by atoms with E-state index in [1.165, 1.54) is 44.7 Å².